The predicted molar refractivity (Wildman–Crippen MR) is 76.3 cm³/mol. The van der Waals surface area contributed by atoms with Crippen LogP contribution in [0.3, 0.4) is 0 Å². The van der Waals surface area contributed by atoms with E-state index in [9.17, 15) is 5.11 Å². The van der Waals surface area contributed by atoms with Gasteiger partial charge in [0.2, 0.25) is 0 Å². The summed E-state index contributed by atoms with van der Waals surface area (Å²) in [5.41, 5.74) is 2.65. The summed E-state index contributed by atoms with van der Waals surface area (Å²) in [6, 6.07) is 15.1. The van der Waals surface area contributed by atoms with E-state index in [0.717, 1.165) is 16.8 Å². The second-order valence-corrected chi connectivity index (χ2v) is 4.85. The minimum Gasteiger partial charge on any atom is -0.384 e. The lowest BCUT2D eigenvalue weighted by Crippen LogP contribution is -2.13. The van der Waals surface area contributed by atoms with Crippen molar-refractivity contribution in [1.29, 1.82) is 0 Å². The quantitative estimate of drug-likeness (QED) is 0.914. The fraction of sp³-hybridized carbons (Fsp3) is 0.200. The number of nitrogens with zero attached hydrogens (tertiary/aromatic N) is 1. The van der Waals surface area contributed by atoms with E-state index in [0.29, 0.717) is 5.02 Å². The highest BCUT2D eigenvalue weighted by atomic mass is 35.5. The van der Waals surface area contributed by atoms with Gasteiger partial charge in [0.15, 0.2) is 0 Å². The molecule has 3 heteroatoms. The minimum atomic E-state index is -0.665. The van der Waals surface area contributed by atoms with Crippen LogP contribution in [-0.4, -0.2) is 19.2 Å². The number of halogens is 1. The van der Waals surface area contributed by atoms with Gasteiger partial charge in [-0.3, -0.25) is 0 Å². The van der Waals surface area contributed by atoms with Gasteiger partial charge >= 0.3 is 0 Å². The topological polar surface area (TPSA) is 23.5 Å². The summed E-state index contributed by atoms with van der Waals surface area (Å²) in [5, 5.41) is 11.1. The first-order valence-corrected chi connectivity index (χ1v) is 6.17. The molecular weight excluding hydrogens is 246 g/mol. The van der Waals surface area contributed by atoms with Crippen LogP contribution in [0.4, 0.5) is 5.69 Å². The summed E-state index contributed by atoms with van der Waals surface area (Å²) in [7, 11) is 3.90. The molecule has 0 aromatic heterocycles. The van der Waals surface area contributed by atoms with E-state index in [4.69, 9.17) is 11.6 Å². The van der Waals surface area contributed by atoms with Gasteiger partial charge in [-0.15, -0.1) is 0 Å². The highest BCUT2D eigenvalue weighted by Gasteiger charge is 2.15. The molecule has 0 heterocycles. The zero-order valence-electron chi connectivity index (χ0n) is 10.5. The molecule has 2 nitrogen and oxygen atoms in total. The monoisotopic (exact) mass is 261 g/mol. The van der Waals surface area contributed by atoms with Crippen LogP contribution in [0.1, 0.15) is 17.2 Å². The van der Waals surface area contributed by atoms with Crippen LogP contribution >= 0.6 is 11.6 Å². The zero-order valence-corrected chi connectivity index (χ0v) is 11.2. The van der Waals surface area contributed by atoms with Gasteiger partial charge in [-0.25, -0.2) is 0 Å². The summed E-state index contributed by atoms with van der Waals surface area (Å²) in [4.78, 5) is 1.97. The molecule has 0 saturated heterocycles. The molecule has 0 spiro atoms. The molecule has 0 aliphatic rings. The van der Waals surface area contributed by atoms with Gasteiger partial charge in [0.05, 0.1) is 0 Å². The summed E-state index contributed by atoms with van der Waals surface area (Å²) in [5.74, 6) is 0. The Bertz CT molecular complexity index is 525. The number of aliphatic hydroxyl groups excluding tert-OH is 1. The van der Waals surface area contributed by atoms with Crippen molar-refractivity contribution in [3.05, 3.63) is 64.7 Å². The summed E-state index contributed by atoms with van der Waals surface area (Å²) >= 11 is 6.02. The molecule has 2 aromatic rings. The third kappa shape index (κ3) is 2.66. The Hall–Kier alpha value is -1.51. The molecule has 0 radical (unpaired) electrons. The molecular formula is C15H16ClNO. The lowest BCUT2D eigenvalue weighted by molar-refractivity contribution is 0.220. The Kier molecular flexibility index (Phi) is 3.90. The van der Waals surface area contributed by atoms with E-state index in [2.05, 4.69) is 0 Å². The van der Waals surface area contributed by atoms with Crippen LogP contribution in [0.25, 0.3) is 0 Å². The normalized spacial score (nSPS) is 12.2. The van der Waals surface area contributed by atoms with Crippen LogP contribution in [-0.2, 0) is 0 Å². The molecule has 0 unspecified atom stereocenters. The van der Waals surface area contributed by atoms with Crippen molar-refractivity contribution in [3.8, 4) is 0 Å². The number of hydrogen-bond acceptors (Lipinski definition) is 2. The standard InChI is InChI=1S/C15H16ClNO/c1-17(2)14-9-8-12(16)10-13(14)15(18)11-6-4-3-5-7-11/h3-10,15,18H,1-2H3/t15-/m0/s1. The predicted octanol–water partition coefficient (Wildman–Crippen LogP) is 3.49. The van der Waals surface area contributed by atoms with Gasteiger partial charge in [-0.1, -0.05) is 41.9 Å². The van der Waals surface area contributed by atoms with Crippen molar-refractivity contribution in [2.24, 2.45) is 0 Å². The molecule has 1 N–H and O–H groups in total. The summed E-state index contributed by atoms with van der Waals surface area (Å²) < 4.78 is 0. The van der Waals surface area contributed by atoms with Crippen molar-refractivity contribution in [2.75, 3.05) is 19.0 Å². The molecule has 0 aliphatic heterocycles. The maximum Gasteiger partial charge on any atom is 0.106 e. The number of hydrogen-bond donors (Lipinski definition) is 1. The Labute approximate surface area is 112 Å². The van der Waals surface area contributed by atoms with Crippen LogP contribution in [0.15, 0.2) is 48.5 Å². The smallest absolute Gasteiger partial charge is 0.106 e. The molecule has 2 rings (SSSR count). The maximum absolute atomic E-state index is 10.5. The zero-order chi connectivity index (χ0) is 13.1. The van der Waals surface area contributed by atoms with E-state index in [1.54, 1.807) is 0 Å². The van der Waals surface area contributed by atoms with Crippen molar-refractivity contribution >= 4 is 17.3 Å². The summed E-state index contributed by atoms with van der Waals surface area (Å²) in [6.45, 7) is 0. The molecule has 0 fully saturated rings. The van der Waals surface area contributed by atoms with Gasteiger partial charge in [-0.05, 0) is 23.8 Å². The average molecular weight is 262 g/mol. The van der Waals surface area contributed by atoms with E-state index in [1.165, 1.54) is 0 Å². The van der Waals surface area contributed by atoms with Crippen molar-refractivity contribution in [3.63, 3.8) is 0 Å². The molecule has 0 saturated carbocycles. The molecule has 0 aliphatic carbocycles. The molecule has 94 valence electrons. The average Bonchev–Trinajstić information content (AvgIpc) is 2.38. The fourth-order valence-electron chi connectivity index (χ4n) is 1.97. The van der Waals surface area contributed by atoms with Crippen LogP contribution in [0.2, 0.25) is 5.02 Å². The van der Waals surface area contributed by atoms with Crippen LogP contribution in [0, 0.1) is 0 Å². The SMILES string of the molecule is CN(C)c1ccc(Cl)cc1[C@@H](O)c1ccccc1. The molecule has 18 heavy (non-hydrogen) atoms. The van der Waals surface area contributed by atoms with Gasteiger partial charge < -0.3 is 10.0 Å². The second kappa shape index (κ2) is 5.42. The van der Waals surface area contributed by atoms with E-state index in [1.807, 2.05) is 67.5 Å². The lowest BCUT2D eigenvalue weighted by Gasteiger charge is -2.21. The Morgan fingerprint density at radius 2 is 1.72 bits per heavy atom. The van der Waals surface area contributed by atoms with Gasteiger partial charge in [0.25, 0.3) is 0 Å². The first-order chi connectivity index (χ1) is 8.59. The maximum atomic E-state index is 10.5. The van der Waals surface area contributed by atoms with Gasteiger partial charge in [0, 0.05) is 30.4 Å². The number of anilines is 1. The van der Waals surface area contributed by atoms with E-state index < -0.39 is 6.10 Å². The first-order valence-electron chi connectivity index (χ1n) is 5.79. The highest BCUT2D eigenvalue weighted by Crippen LogP contribution is 2.32. The second-order valence-electron chi connectivity index (χ2n) is 4.41. The van der Waals surface area contributed by atoms with Gasteiger partial charge in [0.1, 0.15) is 6.10 Å². The molecule has 0 amide bonds. The van der Waals surface area contributed by atoms with Crippen molar-refractivity contribution in [1.82, 2.24) is 0 Å². The van der Waals surface area contributed by atoms with Crippen molar-refractivity contribution in [2.45, 2.75) is 6.10 Å². The molecule has 2 aromatic carbocycles. The fourth-order valence-corrected chi connectivity index (χ4v) is 2.15. The van der Waals surface area contributed by atoms with Gasteiger partial charge in [-0.2, -0.15) is 0 Å². The molecule has 1 atom stereocenters. The Morgan fingerprint density at radius 3 is 2.33 bits per heavy atom. The Balaban J connectivity index is 2.47. The minimum absolute atomic E-state index is 0.630. The first kappa shape index (κ1) is 12.9. The third-order valence-corrected chi connectivity index (χ3v) is 3.12. The molecule has 0 bridgehead atoms. The van der Waals surface area contributed by atoms with Crippen LogP contribution in [0.5, 0.6) is 0 Å². The third-order valence-electron chi connectivity index (χ3n) is 2.88. The highest BCUT2D eigenvalue weighted by molar-refractivity contribution is 6.30. The number of rotatable bonds is 3. The van der Waals surface area contributed by atoms with E-state index >= 15 is 0 Å². The summed E-state index contributed by atoms with van der Waals surface area (Å²) in [6.07, 6.45) is -0.665. The Morgan fingerprint density at radius 1 is 1.06 bits per heavy atom. The number of aliphatic hydroxyl groups is 1. The number of benzene rings is 2. The lowest BCUT2D eigenvalue weighted by atomic mass is 9.99. The largest absolute Gasteiger partial charge is 0.384 e. The van der Waals surface area contributed by atoms with E-state index in [-0.39, 0.29) is 0 Å². The van der Waals surface area contributed by atoms with Crippen molar-refractivity contribution < 1.29 is 5.11 Å². The van der Waals surface area contributed by atoms with Crippen LogP contribution < -0.4 is 4.90 Å².